The van der Waals surface area contributed by atoms with Gasteiger partial charge in [-0.05, 0) is 12.1 Å². The standard InChI is InChI=1S/C5H3Cl2N.C2H4O2/c6-4-2-1-3-5(7)8-4;1-4-2-3/h1-3H;2H,1H3. The fourth-order valence-electron chi connectivity index (χ4n) is 0.383. The lowest BCUT2D eigenvalue weighted by molar-refractivity contribution is -0.126. The fraction of sp³-hybridized carbons (Fsp3) is 0.143. The van der Waals surface area contributed by atoms with Crippen molar-refractivity contribution in [1.29, 1.82) is 0 Å². The maximum absolute atomic E-state index is 8.95. The van der Waals surface area contributed by atoms with Crippen molar-refractivity contribution in [2.75, 3.05) is 7.11 Å². The first kappa shape index (κ1) is 11.2. The molecule has 0 aliphatic carbocycles. The Bertz CT molecular complexity index is 225. The van der Waals surface area contributed by atoms with Gasteiger partial charge in [-0.2, -0.15) is 0 Å². The molecule has 1 aromatic heterocycles. The van der Waals surface area contributed by atoms with Crippen LogP contribution >= 0.6 is 23.2 Å². The smallest absolute Gasteiger partial charge is 0.292 e. The number of hydrogen-bond donors (Lipinski definition) is 0. The SMILES string of the molecule is COC=O.Clc1cccc(Cl)n1. The number of carbonyl (C=O) groups is 1. The predicted octanol–water partition coefficient (Wildman–Crippen LogP) is 2.18. The Hall–Kier alpha value is -0.800. The molecule has 0 unspecified atom stereocenters. The minimum absolute atomic E-state index is 0.375. The van der Waals surface area contributed by atoms with Crippen molar-refractivity contribution in [3.63, 3.8) is 0 Å². The molecule has 0 radical (unpaired) electrons. The molecule has 0 saturated carbocycles. The van der Waals surface area contributed by atoms with Crippen LogP contribution in [0.25, 0.3) is 0 Å². The number of methoxy groups -OCH3 is 1. The molecule has 1 aromatic rings. The van der Waals surface area contributed by atoms with E-state index in [0.29, 0.717) is 16.8 Å². The number of rotatable bonds is 1. The van der Waals surface area contributed by atoms with Crippen molar-refractivity contribution in [3.05, 3.63) is 28.5 Å². The zero-order valence-corrected chi connectivity index (χ0v) is 7.84. The second-order valence-electron chi connectivity index (χ2n) is 1.61. The molecule has 1 rings (SSSR count). The zero-order valence-electron chi connectivity index (χ0n) is 6.33. The van der Waals surface area contributed by atoms with E-state index in [-0.39, 0.29) is 0 Å². The van der Waals surface area contributed by atoms with Crippen molar-refractivity contribution in [2.45, 2.75) is 0 Å². The van der Waals surface area contributed by atoms with E-state index in [1.807, 2.05) is 0 Å². The second-order valence-corrected chi connectivity index (χ2v) is 2.39. The first-order valence-electron chi connectivity index (χ1n) is 2.95. The number of halogens is 2. The third-order valence-electron chi connectivity index (χ3n) is 0.777. The first-order valence-corrected chi connectivity index (χ1v) is 3.70. The zero-order chi connectivity index (χ0) is 9.40. The maximum Gasteiger partial charge on any atom is 0.292 e. The average Bonchev–Trinajstić information content (AvgIpc) is 2.04. The third-order valence-corrected chi connectivity index (χ3v) is 1.20. The van der Waals surface area contributed by atoms with Gasteiger partial charge in [0.1, 0.15) is 10.3 Å². The highest BCUT2D eigenvalue weighted by molar-refractivity contribution is 6.32. The van der Waals surface area contributed by atoms with Crippen molar-refractivity contribution in [3.8, 4) is 0 Å². The molecule has 12 heavy (non-hydrogen) atoms. The minimum Gasteiger partial charge on any atom is -0.471 e. The van der Waals surface area contributed by atoms with Crippen LogP contribution in [0.15, 0.2) is 18.2 Å². The van der Waals surface area contributed by atoms with Gasteiger partial charge in [0.15, 0.2) is 0 Å². The van der Waals surface area contributed by atoms with Gasteiger partial charge in [-0.15, -0.1) is 0 Å². The Labute approximate surface area is 80.3 Å². The lowest BCUT2D eigenvalue weighted by Gasteiger charge is -1.85. The summed E-state index contributed by atoms with van der Waals surface area (Å²) in [5, 5.41) is 0.856. The van der Waals surface area contributed by atoms with Gasteiger partial charge in [-0.3, -0.25) is 4.79 Å². The summed E-state index contributed by atoms with van der Waals surface area (Å²) >= 11 is 10.9. The number of carbonyl (C=O) groups excluding carboxylic acids is 1. The third kappa shape index (κ3) is 5.95. The van der Waals surface area contributed by atoms with Crippen LogP contribution in [0.4, 0.5) is 0 Å². The van der Waals surface area contributed by atoms with Gasteiger partial charge in [0, 0.05) is 0 Å². The summed E-state index contributed by atoms with van der Waals surface area (Å²) in [5.41, 5.74) is 0. The molecule has 0 aliphatic rings. The van der Waals surface area contributed by atoms with Crippen LogP contribution in [-0.2, 0) is 9.53 Å². The van der Waals surface area contributed by atoms with Gasteiger partial charge in [-0.1, -0.05) is 29.3 Å². The first-order chi connectivity index (χ1) is 5.70. The molecular formula is C7H7Cl2NO2. The maximum atomic E-state index is 8.95. The van der Waals surface area contributed by atoms with E-state index < -0.39 is 0 Å². The van der Waals surface area contributed by atoms with Gasteiger partial charge in [0.05, 0.1) is 7.11 Å². The normalized spacial score (nSPS) is 7.92. The highest BCUT2D eigenvalue weighted by atomic mass is 35.5. The van der Waals surface area contributed by atoms with Gasteiger partial charge in [0.2, 0.25) is 0 Å². The van der Waals surface area contributed by atoms with Crippen LogP contribution in [0, 0.1) is 0 Å². The molecular weight excluding hydrogens is 201 g/mol. The van der Waals surface area contributed by atoms with Crippen molar-refractivity contribution >= 4 is 29.7 Å². The van der Waals surface area contributed by atoms with Crippen molar-refractivity contribution in [2.24, 2.45) is 0 Å². The van der Waals surface area contributed by atoms with E-state index in [0.717, 1.165) is 0 Å². The lowest BCUT2D eigenvalue weighted by atomic mass is 10.5. The minimum atomic E-state index is 0.375. The van der Waals surface area contributed by atoms with Crippen molar-refractivity contribution < 1.29 is 9.53 Å². The Morgan fingerprint density at radius 2 is 1.83 bits per heavy atom. The van der Waals surface area contributed by atoms with Crippen molar-refractivity contribution in [1.82, 2.24) is 4.98 Å². The summed E-state index contributed by atoms with van der Waals surface area (Å²) in [6.07, 6.45) is 0. The highest BCUT2D eigenvalue weighted by Crippen LogP contribution is 2.08. The Morgan fingerprint density at radius 3 is 2.00 bits per heavy atom. The summed E-state index contributed by atoms with van der Waals surface area (Å²) in [6, 6.07) is 5.10. The largest absolute Gasteiger partial charge is 0.471 e. The number of nitrogens with zero attached hydrogens (tertiary/aromatic N) is 1. The summed E-state index contributed by atoms with van der Waals surface area (Å²) < 4.78 is 3.86. The predicted molar refractivity (Wildman–Crippen MR) is 47.3 cm³/mol. The molecule has 0 atom stereocenters. The van der Waals surface area contributed by atoms with Crippen LogP contribution in [0.3, 0.4) is 0 Å². The Kier molecular flexibility index (Phi) is 6.42. The quantitative estimate of drug-likeness (QED) is 0.524. The molecule has 5 heteroatoms. The van der Waals surface area contributed by atoms with E-state index in [1.165, 1.54) is 7.11 Å². The van der Waals surface area contributed by atoms with Crippen LogP contribution in [0.5, 0.6) is 0 Å². The molecule has 0 N–H and O–H groups in total. The van der Waals surface area contributed by atoms with Crippen LogP contribution < -0.4 is 0 Å². The van der Waals surface area contributed by atoms with E-state index in [2.05, 4.69) is 9.72 Å². The molecule has 1 heterocycles. The highest BCUT2D eigenvalue weighted by Gasteiger charge is 1.86. The van der Waals surface area contributed by atoms with Crippen LogP contribution in [-0.4, -0.2) is 18.6 Å². The molecule has 0 spiro atoms. The fourth-order valence-corrected chi connectivity index (χ4v) is 0.754. The van der Waals surface area contributed by atoms with Gasteiger partial charge in [0.25, 0.3) is 6.47 Å². The molecule has 0 aromatic carbocycles. The summed E-state index contributed by atoms with van der Waals surface area (Å²) in [4.78, 5) is 12.7. The molecule has 66 valence electrons. The van der Waals surface area contributed by atoms with Gasteiger partial charge < -0.3 is 4.74 Å². The summed E-state index contributed by atoms with van der Waals surface area (Å²) in [6.45, 7) is 0.375. The average molecular weight is 208 g/mol. The number of pyridine rings is 1. The summed E-state index contributed by atoms with van der Waals surface area (Å²) in [5.74, 6) is 0. The monoisotopic (exact) mass is 207 g/mol. The Balaban J connectivity index is 0.000000261. The molecule has 0 amide bonds. The molecule has 0 saturated heterocycles. The summed E-state index contributed by atoms with van der Waals surface area (Å²) in [7, 11) is 1.31. The van der Waals surface area contributed by atoms with E-state index in [9.17, 15) is 0 Å². The van der Waals surface area contributed by atoms with E-state index in [4.69, 9.17) is 28.0 Å². The van der Waals surface area contributed by atoms with Crippen LogP contribution in [0.2, 0.25) is 10.3 Å². The Morgan fingerprint density at radius 1 is 1.42 bits per heavy atom. The van der Waals surface area contributed by atoms with Gasteiger partial charge >= 0.3 is 0 Å². The van der Waals surface area contributed by atoms with E-state index in [1.54, 1.807) is 18.2 Å². The molecule has 0 bridgehead atoms. The number of aromatic nitrogens is 1. The number of ether oxygens (including phenoxy) is 1. The van der Waals surface area contributed by atoms with Crippen LogP contribution in [0.1, 0.15) is 0 Å². The van der Waals surface area contributed by atoms with E-state index >= 15 is 0 Å². The molecule has 0 aliphatic heterocycles. The molecule has 3 nitrogen and oxygen atoms in total. The second kappa shape index (κ2) is 6.88. The lowest BCUT2D eigenvalue weighted by Crippen LogP contribution is -1.71. The molecule has 0 fully saturated rings. The van der Waals surface area contributed by atoms with Gasteiger partial charge in [-0.25, -0.2) is 4.98 Å². The topological polar surface area (TPSA) is 39.2 Å². The number of hydrogen-bond acceptors (Lipinski definition) is 3.